The minimum Gasteiger partial charge on any atom is -0.369 e. The van der Waals surface area contributed by atoms with Gasteiger partial charge >= 0.3 is 0 Å². The van der Waals surface area contributed by atoms with E-state index in [4.69, 9.17) is 23.2 Å². The molecule has 0 aromatic heterocycles. The van der Waals surface area contributed by atoms with Crippen LogP contribution in [0.25, 0.3) is 0 Å². The highest BCUT2D eigenvalue weighted by Crippen LogP contribution is 2.29. The first kappa shape index (κ1) is 16.0. The highest BCUT2D eigenvalue weighted by Gasteiger charge is 2.41. The van der Waals surface area contributed by atoms with Crippen molar-refractivity contribution in [3.8, 4) is 0 Å². The van der Waals surface area contributed by atoms with Gasteiger partial charge in [-0.2, -0.15) is 10.1 Å². The fourth-order valence-corrected chi connectivity index (χ4v) is 2.69. The third-order valence-electron chi connectivity index (χ3n) is 3.64. The van der Waals surface area contributed by atoms with E-state index in [1.807, 2.05) is 12.1 Å². The van der Waals surface area contributed by atoms with Crippen molar-refractivity contribution in [2.24, 2.45) is 5.10 Å². The molecule has 1 N–H and O–H groups in total. The van der Waals surface area contributed by atoms with Crippen LogP contribution in [0.3, 0.4) is 0 Å². The number of nitrogens with zero attached hydrogens (tertiary/aromatic N) is 2. The normalized spacial score (nSPS) is 20.5. The quantitative estimate of drug-likeness (QED) is 0.893. The van der Waals surface area contributed by atoms with Crippen LogP contribution in [0.2, 0.25) is 10.0 Å². The van der Waals surface area contributed by atoms with Gasteiger partial charge in [0.15, 0.2) is 5.72 Å². The van der Waals surface area contributed by atoms with E-state index in [1.54, 1.807) is 43.3 Å². The summed E-state index contributed by atoms with van der Waals surface area (Å²) in [4.78, 5) is 12.6. The summed E-state index contributed by atoms with van der Waals surface area (Å²) in [6.45, 7) is 1.56. The highest BCUT2D eigenvalue weighted by atomic mass is 35.5. The predicted octanol–water partition coefficient (Wildman–Crippen LogP) is 3.95. The number of benzene rings is 2. The van der Waals surface area contributed by atoms with E-state index in [9.17, 15) is 9.90 Å². The molecule has 118 valence electrons. The Morgan fingerprint density at radius 2 is 1.61 bits per heavy atom. The standard InChI is InChI=1S/C17H14Cl2N2O2/c1-17(23)10-15(11-2-6-13(18)7-3-11)20-21(17)16(22)12-4-8-14(19)9-5-12/h2-9,23H,10H2,1H3/t17-/m1/s1. The molecule has 1 amide bonds. The van der Waals surface area contributed by atoms with Gasteiger partial charge in [0.1, 0.15) is 0 Å². The van der Waals surface area contributed by atoms with Crippen LogP contribution < -0.4 is 0 Å². The second-order valence-electron chi connectivity index (χ2n) is 5.57. The van der Waals surface area contributed by atoms with Crippen LogP contribution in [0.1, 0.15) is 29.3 Å². The first-order valence-corrected chi connectivity index (χ1v) is 7.78. The highest BCUT2D eigenvalue weighted by molar-refractivity contribution is 6.31. The van der Waals surface area contributed by atoms with Crippen LogP contribution in [0, 0.1) is 0 Å². The van der Waals surface area contributed by atoms with Gasteiger partial charge < -0.3 is 5.11 Å². The molecule has 1 aliphatic heterocycles. The van der Waals surface area contributed by atoms with Crippen LogP contribution >= 0.6 is 23.2 Å². The molecular weight excluding hydrogens is 335 g/mol. The lowest BCUT2D eigenvalue weighted by atomic mass is 10.0. The van der Waals surface area contributed by atoms with Crippen LogP contribution in [0.5, 0.6) is 0 Å². The fourth-order valence-electron chi connectivity index (χ4n) is 2.44. The minimum absolute atomic E-state index is 0.244. The Hall–Kier alpha value is -1.88. The van der Waals surface area contributed by atoms with Crippen molar-refractivity contribution in [3.63, 3.8) is 0 Å². The maximum atomic E-state index is 12.6. The smallest absolute Gasteiger partial charge is 0.276 e. The van der Waals surface area contributed by atoms with Crippen molar-refractivity contribution in [2.75, 3.05) is 0 Å². The van der Waals surface area contributed by atoms with Gasteiger partial charge in [0.05, 0.1) is 5.71 Å². The summed E-state index contributed by atoms with van der Waals surface area (Å²) in [7, 11) is 0. The van der Waals surface area contributed by atoms with E-state index < -0.39 is 5.72 Å². The summed E-state index contributed by atoms with van der Waals surface area (Å²) in [6.07, 6.45) is 0.244. The molecule has 0 saturated heterocycles. The SMILES string of the molecule is C[C@@]1(O)CC(c2ccc(Cl)cc2)=NN1C(=O)c1ccc(Cl)cc1. The molecule has 0 saturated carbocycles. The van der Waals surface area contributed by atoms with Crippen molar-refractivity contribution < 1.29 is 9.90 Å². The van der Waals surface area contributed by atoms with E-state index in [0.29, 0.717) is 21.3 Å². The molecule has 2 aromatic carbocycles. The molecule has 0 aliphatic carbocycles. The predicted molar refractivity (Wildman–Crippen MR) is 90.9 cm³/mol. The second kappa shape index (κ2) is 5.96. The molecule has 0 fully saturated rings. The van der Waals surface area contributed by atoms with Gasteiger partial charge in [0.2, 0.25) is 0 Å². The zero-order valence-electron chi connectivity index (χ0n) is 12.3. The van der Waals surface area contributed by atoms with Gasteiger partial charge in [0.25, 0.3) is 5.91 Å². The number of carbonyl (C=O) groups is 1. The zero-order chi connectivity index (χ0) is 16.6. The van der Waals surface area contributed by atoms with Crippen molar-refractivity contribution >= 4 is 34.8 Å². The largest absolute Gasteiger partial charge is 0.369 e. The Morgan fingerprint density at radius 3 is 2.17 bits per heavy atom. The Balaban J connectivity index is 1.92. The van der Waals surface area contributed by atoms with E-state index in [1.165, 1.54) is 0 Å². The number of hydrazone groups is 1. The first-order valence-electron chi connectivity index (χ1n) is 7.03. The van der Waals surface area contributed by atoms with Crippen LogP contribution in [0.4, 0.5) is 0 Å². The molecule has 1 heterocycles. The summed E-state index contributed by atoms with van der Waals surface area (Å²) >= 11 is 11.7. The van der Waals surface area contributed by atoms with Crippen molar-refractivity contribution in [1.82, 2.24) is 5.01 Å². The van der Waals surface area contributed by atoms with Crippen LogP contribution in [-0.4, -0.2) is 27.5 Å². The van der Waals surface area contributed by atoms with E-state index in [-0.39, 0.29) is 12.3 Å². The fraction of sp³-hybridized carbons (Fsp3) is 0.176. The minimum atomic E-state index is -1.38. The summed E-state index contributed by atoms with van der Waals surface area (Å²) in [5, 5.41) is 17.2. The Bertz CT molecular complexity index is 768. The molecule has 0 radical (unpaired) electrons. The van der Waals surface area contributed by atoms with Crippen molar-refractivity contribution in [2.45, 2.75) is 19.1 Å². The molecule has 0 bridgehead atoms. The number of aliphatic hydroxyl groups is 1. The van der Waals surface area contributed by atoms with Gasteiger partial charge in [-0.15, -0.1) is 0 Å². The molecule has 0 spiro atoms. The number of rotatable bonds is 2. The summed E-state index contributed by atoms with van der Waals surface area (Å²) < 4.78 is 0. The van der Waals surface area contributed by atoms with Gasteiger partial charge in [-0.05, 0) is 48.9 Å². The van der Waals surface area contributed by atoms with E-state index >= 15 is 0 Å². The number of hydrogen-bond acceptors (Lipinski definition) is 3. The molecule has 6 heteroatoms. The molecule has 1 atom stereocenters. The Kier molecular flexibility index (Phi) is 4.15. The number of amides is 1. The lowest BCUT2D eigenvalue weighted by molar-refractivity contribution is -0.0553. The Morgan fingerprint density at radius 1 is 1.09 bits per heavy atom. The zero-order valence-corrected chi connectivity index (χ0v) is 13.8. The number of hydrogen-bond donors (Lipinski definition) is 1. The Labute approximate surface area is 143 Å². The third-order valence-corrected chi connectivity index (χ3v) is 4.14. The lowest BCUT2D eigenvalue weighted by Gasteiger charge is -2.26. The summed E-state index contributed by atoms with van der Waals surface area (Å²) in [5.74, 6) is -0.379. The molecule has 1 aliphatic rings. The van der Waals surface area contributed by atoms with Gasteiger partial charge in [-0.25, -0.2) is 0 Å². The monoisotopic (exact) mass is 348 g/mol. The average molecular weight is 349 g/mol. The molecule has 0 unspecified atom stereocenters. The molecule has 3 rings (SSSR count). The van der Waals surface area contributed by atoms with Crippen molar-refractivity contribution in [1.29, 1.82) is 0 Å². The van der Waals surface area contributed by atoms with Crippen LogP contribution in [0.15, 0.2) is 53.6 Å². The molecule has 2 aromatic rings. The maximum absolute atomic E-state index is 12.6. The van der Waals surface area contributed by atoms with Crippen molar-refractivity contribution in [3.05, 3.63) is 69.7 Å². The third kappa shape index (κ3) is 3.24. The molecule has 23 heavy (non-hydrogen) atoms. The van der Waals surface area contributed by atoms with Gasteiger partial charge in [0, 0.05) is 22.0 Å². The molecule has 4 nitrogen and oxygen atoms in total. The van der Waals surface area contributed by atoms with Crippen LogP contribution in [-0.2, 0) is 0 Å². The van der Waals surface area contributed by atoms with E-state index in [2.05, 4.69) is 5.10 Å². The molecular formula is C17H14Cl2N2O2. The number of halogens is 2. The first-order chi connectivity index (χ1) is 10.9. The number of carbonyl (C=O) groups excluding carboxylic acids is 1. The van der Waals surface area contributed by atoms with Gasteiger partial charge in [-0.3, -0.25) is 4.79 Å². The average Bonchev–Trinajstić information content (AvgIpc) is 2.83. The topological polar surface area (TPSA) is 52.9 Å². The summed E-state index contributed by atoms with van der Waals surface area (Å²) in [5.41, 5.74) is 0.483. The summed E-state index contributed by atoms with van der Waals surface area (Å²) in [6, 6.07) is 13.6. The second-order valence-corrected chi connectivity index (χ2v) is 6.44. The van der Waals surface area contributed by atoms with Gasteiger partial charge in [-0.1, -0.05) is 35.3 Å². The lowest BCUT2D eigenvalue weighted by Crippen LogP contribution is -2.43. The van der Waals surface area contributed by atoms with E-state index in [0.717, 1.165) is 10.6 Å². The maximum Gasteiger partial charge on any atom is 0.276 e.